The van der Waals surface area contributed by atoms with Crippen molar-refractivity contribution < 1.29 is 4.74 Å². The van der Waals surface area contributed by atoms with Crippen molar-refractivity contribution in [3.63, 3.8) is 0 Å². The number of rotatable bonds is 6. The fraction of sp³-hybridized carbons (Fsp3) is 0.667. The molecule has 1 aromatic carbocycles. The monoisotopic (exact) mass is 277 g/mol. The molecular weight excluding hydrogens is 246 g/mol. The number of aryl methyl sites for hydroxylation is 1. The van der Waals surface area contributed by atoms with Gasteiger partial charge in [0.1, 0.15) is 0 Å². The van der Waals surface area contributed by atoms with Crippen molar-refractivity contribution in [3.05, 3.63) is 34.9 Å². The average molecular weight is 277 g/mol. The summed E-state index contributed by atoms with van der Waals surface area (Å²) in [4.78, 5) is 0. The van der Waals surface area contributed by atoms with Crippen LogP contribution in [0.1, 0.15) is 56.8 Å². The van der Waals surface area contributed by atoms with Crippen LogP contribution in [0, 0.1) is 19.3 Å². The Hall–Kier alpha value is -0.860. The molecule has 0 amide bonds. The Morgan fingerprint density at radius 2 is 1.85 bits per heavy atom. The van der Waals surface area contributed by atoms with Gasteiger partial charge in [-0.15, -0.1) is 0 Å². The van der Waals surface area contributed by atoms with Gasteiger partial charge in [-0.2, -0.15) is 0 Å². The number of hydrogen-bond acceptors (Lipinski definition) is 2. The van der Waals surface area contributed by atoms with E-state index in [9.17, 15) is 0 Å². The summed E-state index contributed by atoms with van der Waals surface area (Å²) in [6, 6.07) is 6.79. The summed E-state index contributed by atoms with van der Waals surface area (Å²) < 4.78 is 5.86. The number of ether oxygens (including phenoxy) is 1. The van der Waals surface area contributed by atoms with E-state index in [1.165, 1.54) is 16.7 Å². The van der Waals surface area contributed by atoms with Gasteiger partial charge in [0.05, 0.1) is 12.1 Å². The van der Waals surface area contributed by atoms with Crippen LogP contribution in [0.15, 0.2) is 18.2 Å². The van der Waals surface area contributed by atoms with Crippen LogP contribution in [0.25, 0.3) is 0 Å². The van der Waals surface area contributed by atoms with Gasteiger partial charge in [0, 0.05) is 7.11 Å². The molecule has 0 heterocycles. The molecule has 2 unspecified atom stereocenters. The highest BCUT2D eigenvalue weighted by molar-refractivity contribution is 5.36. The number of hydrogen-bond donors (Lipinski definition) is 1. The predicted octanol–water partition coefficient (Wildman–Crippen LogP) is 4.41. The first-order valence-electron chi connectivity index (χ1n) is 7.65. The average Bonchev–Trinajstić information content (AvgIpc) is 2.36. The highest BCUT2D eigenvalue weighted by Crippen LogP contribution is 2.34. The van der Waals surface area contributed by atoms with Crippen LogP contribution in [0.5, 0.6) is 0 Å². The van der Waals surface area contributed by atoms with Crippen molar-refractivity contribution in [1.29, 1.82) is 0 Å². The third kappa shape index (κ3) is 4.07. The molecule has 1 rings (SSSR count). The molecule has 1 aromatic rings. The fourth-order valence-electron chi connectivity index (χ4n) is 2.78. The van der Waals surface area contributed by atoms with Gasteiger partial charge in [-0.25, -0.2) is 0 Å². The Morgan fingerprint density at radius 1 is 1.20 bits per heavy atom. The maximum atomic E-state index is 5.86. The number of nitrogens with one attached hydrogen (secondary N) is 1. The minimum Gasteiger partial charge on any atom is -0.379 e. The van der Waals surface area contributed by atoms with Crippen LogP contribution < -0.4 is 5.32 Å². The van der Waals surface area contributed by atoms with Crippen molar-refractivity contribution >= 4 is 0 Å². The maximum absolute atomic E-state index is 5.86. The molecule has 0 fully saturated rings. The molecule has 0 saturated heterocycles. The molecule has 0 saturated carbocycles. The van der Waals surface area contributed by atoms with Gasteiger partial charge in [0.25, 0.3) is 0 Å². The largest absolute Gasteiger partial charge is 0.379 e. The van der Waals surface area contributed by atoms with Crippen LogP contribution in [0.4, 0.5) is 0 Å². The van der Waals surface area contributed by atoms with Crippen molar-refractivity contribution in [3.8, 4) is 0 Å². The lowest BCUT2D eigenvalue weighted by atomic mass is 9.80. The lowest BCUT2D eigenvalue weighted by Crippen LogP contribution is -2.42. The summed E-state index contributed by atoms with van der Waals surface area (Å²) in [5.41, 5.74) is 4.17. The molecule has 2 nitrogen and oxygen atoms in total. The van der Waals surface area contributed by atoms with Crippen LogP contribution in [0.2, 0.25) is 0 Å². The van der Waals surface area contributed by atoms with E-state index < -0.39 is 0 Å². The van der Waals surface area contributed by atoms with E-state index in [1.807, 2.05) is 7.11 Å². The van der Waals surface area contributed by atoms with Gasteiger partial charge in [0.15, 0.2) is 0 Å². The van der Waals surface area contributed by atoms with Gasteiger partial charge in [-0.05, 0) is 48.9 Å². The number of methoxy groups -OCH3 is 1. The zero-order valence-corrected chi connectivity index (χ0v) is 14.2. The zero-order chi connectivity index (χ0) is 15.3. The lowest BCUT2D eigenvalue weighted by Gasteiger charge is -2.37. The lowest BCUT2D eigenvalue weighted by molar-refractivity contribution is -0.0120. The summed E-state index contributed by atoms with van der Waals surface area (Å²) in [5, 5.41) is 3.69. The van der Waals surface area contributed by atoms with E-state index in [4.69, 9.17) is 4.74 Å². The second-order valence-electron chi connectivity index (χ2n) is 6.74. The smallest absolute Gasteiger partial charge is 0.0814 e. The molecule has 114 valence electrons. The van der Waals surface area contributed by atoms with E-state index in [2.05, 4.69) is 65.1 Å². The van der Waals surface area contributed by atoms with Crippen molar-refractivity contribution in [1.82, 2.24) is 5.32 Å². The highest BCUT2D eigenvalue weighted by atomic mass is 16.5. The SMILES string of the molecule is CCCNC(c1cccc(C)c1C)C(OC)C(C)(C)C. The highest BCUT2D eigenvalue weighted by Gasteiger charge is 2.33. The van der Waals surface area contributed by atoms with Crippen molar-refractivity contribution in [2.45, 2.75) is 60.1 Å². The van der Waals surface area contributed by atoms with Gasteiger partial charge in [0.2, 0.25) is 0 Å². The molecule has 0 aliphatic carbocycles. The second-order valence-corrected chi connectivity index (χ2v) is 6.74. The van der Waals surface area contributed by atoms with Gasteiger partial charge in [-0.1, -0.05) is 45.9 Å². The van der Waals surface area contributed by atoms with Crippen LogP contribution in [-0.2, 0) is 4.74 Å². The Morgan fingerprint density at radius 3 is 2.35 bits per heavy atom. The molecule has 0 radical (unpaired) electrons. The van der Waals surface area contributed by atoms with Crippen LogP contribution >= 0.6 is 0 Å². The molecule has 0 aliphatic heterocycles. The topological polar surface area (TPSA) is 21.3 Å². The zero-order valence-electron chi connectivity index (χ0n) is 14.2. The van der Waals surface area contributed by atoms with Crippen LogP contribution in [0.3, 0.4) is 0 Å². The van der Waals surface area contributed by atoms with Crippen LogP contribution in [-0.4, -0.2) is 19.8 Å². The molecular formula is C18H31NO. The normalized spacial score (nSPS) is 15.2. The van der Waals surface area contributed by atoms with E-state index in [0.29, 0.717) is 0 Å². The Labute approximate surface area is 124 Å². The summed E-state index contributed by atoms with van der Waals surface area (Å²) in [6.07, 6.45) is 1.27. The summed E-state index contributed by atoms with van der Waals surface area (Å²) in [6.45, 7) is 14.3. The van der Waals surface area contributed by atoms with Gasteiger partial charge in [-0.3, -0.25) is 0 Å². The summed E-state index contributed by atoms with van der Waals surface area (Å²) in [7, 11) is 1.82. The third-order valence-electron chi connectivity index (χ3n) is 4.01. The Balaban J connectivity index is 3.20. The third-order valence-corrected chi connectivity index (χ3v) is 4.01. The minimum absolute atomic E-state index is 0.0936. The standard InChI is InChI=1S/C18H31NO/c1-8-12-19-16(17(20-7)18(4,5)6)15-11-9-10-13(2)14(15)3/h9-11,16-17,19H,8,12H2,1-7H3. The van der Waals surface area contributed by atoms with Crippen molar-refractivity contribution in [2.24, 2.45) is 5.41 Å². The maximum Gasteiger partial charge on any atom is 0.0814 e. The minimum atomic E-state index is 0.0936. The van der Waals surface area contributed by atoms with Gasteiger partial charge >= 0.3 is 0 Å². The molecule has 0 aromatic heterocycles. The predicted molar refractivity (Wildman–Crippen MR) is 87.2 cm³/mol. The molecule has 0 bridgehead atoms. The van der Waals surface area contributed by atoms with E-state index in [-0.39, 0.29) is 17.6 Å². The number of benzene rings is 1. The quantitative estimate of drug-likeness (QED) is 0.832. The van der Waals surface area contributed by atoms with E-state index in [1.54, 1.807) is 0 Å². The Bertz CT molecular complexity index is 420. The molecule has 0 aliphatic rings. The van der Waals surface area contributed by atoms with E-state index >= 15 is 0 Å². The molecule has 2 heteroatoms. The Kier molecular flexibility index (Phi) is 6.22. The first kappa shape index (κ1) is 17.2. The molecule has 0 spiro atoms. The summed E-state index contributed by atoms with van der Waals surface area (Å²) in [5.74, 6) is 0. The second kappa shape index (κ2) is 7.24. The first-order chi connectivity index (χ1) is 9.32. The molecule has 2 atom stereocenters. The first-order valence-corrected chi connectivity index (χ1v) is 7.65. The van der Waals surface area contributed by atoms with Crippen molar-refractivity contribution in [2.75, 3.05) is 13.7 Å². The molecule has 20 heavy (non-hydrogen) atoms. The fourth-order valence-corrected chi connectivity index (χ4v) is 2.78. The summed E-state index contributed by atoms with van der Waals surface area (Å²) >= 11 is 0. The molecule has 1 N–H and O–H groups in total. The van der Waals surface area contributed by atoms with E-state index in [0.717, 1.165) is 13.0 Å². The van der Waals surface area contributed by atoms with Gasteiger partial charge < -0.3 is 10.1 Å².